The molecule has 0 bridgehead atoms. The third-order valence-corrected chi connectivity index (χ3v) is 2.65. The number of carbonyl (C=O) groups is 1. The molecule has 2 heterocycles. The van der Waals surface area contributed by atoms with Gasteiger partial charge in [-0.3, -0.25) is 0 Å². The average molecular weight is 297 g/mol. The highest BCUT2D eigenvalue weighted by Crippen LogP contribution is 2.28. The molecule has 0 saturated carbocycles. The maximum Gasteiger partial charge on any atom is 0.417 e. The Balaban J connectivity index is 2.31. The van der Waals surface area contributed by atoms with Crippen LogP contribution in [0.3, 0.4) is 0 Å². The number of alkyl halides is 3. The summed E-state index contributed by atoms with van der Waals surface area (Å²) in [5.74, 6) is -0.893. The van der Waals surface area contributed by atoms with E-state index in [9.17, 15) is 18.0 Å². The molecule has 2 aromatic heterocycles. The third kappa shape index (κ3) is 3.47. The van der Waals surface area contributed by atoms with Crippen LogP contribution in [-0.4, -0.2) is 25.8 Å². The largest absolute Gasteiger partial charge is 0.478 e. The van der Waals surface area contributed by atoms with Gasteiger partial charge < -0.3 is 5.11 Å². The molecule has 0 aromatic carbocycles. The molecule has 110 valence electrons. The molecule has 0 amide bonds. The van der Waals surface area contributed by atoms with Gasteiger partial charge in [0.1, 0.15) is 0 Å². The molecule has 0 aliphatic heterocycles. The van der Waals surface area contributed by atoms with E-state index in [-0.39, 0.29) is 5.82 Å². The van der Waals surface area contributed by atoms with E-state index >= 15 is 0 Å². The molecule has 5 nitrogen and oxygen atoms in total. The highest BCUT2D eigenvalue weighted by Gasteiger charge is 2.30. The fraction of sp³-hybridized carbons (Fsp3) is 0.154. The first kappa shape index (κ1) is 14.8. The van der Waals surface area contributed by atoms with Crippen molar-refractivity contribution in [3.05, 3.63) is 47.4 Å². The van der Waals surface area contributed by atoms with Crippen molar-refractivity contribution in [3.8, 4) is 5.82 Å². The van der Waals surface area contributed by atoms with Gasteiger partial charge in [0.25, 0.3) is 0 Å². The zero-order valence-electron chi connectivity index (χ0n) is 10.8. The lowest BCUT2D eigenvalue weighted by atomic mass is 10.2. The van der Waals surface area contributed by atoms with Crippen LogP contribution >= 0.6 is 0 Å². The molecule has 0 aliphatic rings. The summed E-state index contributed by atoms with van der Waals surface area (Å²) in [5.41, 5.74) is 0.231. The predicted molar refractivity (Wildman–Crippen MR) is 67.8 cm³/mol. The van der Waals surface area contributed by atoms with Crippen LogP contribution in [-0.2, 0) is 11.0 Å². The first-order valence-corrected chi connectivity index (χ1v) is 5.78. The molecule has 0 aliphatic carbocycles. The number of hydrogen-bond acceptors (Lipinski definition) is 3. The van der Waals surface area contributed by atoms with E-state index < -0.39 is 17.7 Å². The lowest BCUT2D eigenvalue weighted by molar-refractivity contribution is -0.137. The molecule has 0 fully saturated rings. The summed E-state index contributed by atoms with van der Waals surface area (Å²) in [7, 11) is 0. The van der Waals surface area contributed by atoms with Gasteiger partial charge in [-0.15, -0.1) is 0 Å². The van der Waals surface area contributed by atoms with Crippen LogP contribution < -0.4 is 0 Å². The van der Waals surface area contributed by atoms with E-state index in [1.54, 1.807) is 6.92 Å². The number of carboxylic acids is 1. The van der Waals surface area contributed by atoms with Gasteiger partial charge in [0.15, 0.2) is 5.82 Å². The maximum absolute atomic E-state index is 12.4. The molecule has 2 aromatic rings. The van der Waals surface area contributed by atoms with Crippen LogP contribution in [0, 0.1) is 6.92 Å². The van der Waals surface area contributed by atoms with Crippen molar-refractivity contribution < 1.29 is 23.1 Å². The Bertz CT molecular complexity index is 688. The molecular formula is C13H10F3N3O2. The van der Waals surface area contributed by atoms with Gasteiger partial charge in [0, 0.05) is 24.0 Å². The minimum absolute atomic E-state index is 0.209. The number of aryl methyl sites for hydroxylation is 1. The normalized spacial score (nSPS) is 12.0. The summed E-state index contributed by atoms with van der Waals surface area (Å²) in [6.07, 6.45) is 0.0736. The Morgan fingerprint density at radius 3 is 2.62 bits per heavy atom. The first-order valence-electron chi connectivity index (χ1n) is 5.78. The summed E-state index contributed by atoms with van der Waals surface area (Å²) < 4.78 is 38.6. The van der Waals surface area contributed by atoms with E-state index in [0.29, 0.717) is 11.3 Å². The highest BCUT2D eigenvalue weighted by molar-refractivity contribution is 5.85. The Labute approximate surface area is 117 Å². The zero-order valence-corrected chi connectivity index (χ0v) is 10.8. The van der Waals surface area contributed by atoms with Crippen molar-refractivity contribution in [2.75, 3.05) is 0 Å². The van der Waals surface area contributed by atoms with Crippen LogP contribution in [0.5, 0.6) is 0 Å². The van der Waals surface area contributed by atoms with Crippen molar-refractivity contribution in [2.45, 2.75) is 13.1 Å². The number of pyridine rings is 1. The second kappa shape index (κ2) is 5.39. The summed E-state index contributed by atoms with van der Waals surface area (Å²) in [4.78, 5) is 14.2. The fourth-order valence-corrected chi connectivity index (χ4v) is 1.60. The van der Waals surface area contributed by atoms with Crippen LogP contribution in [0.4, 0.5) is 13.2 Å². The molecule has 2 rings (SSSR count). The Kier molecular flexibility index (Phi) is 3.79. The number of aromatic nitrogens is 3. The number of aliphatic carboxylic acids is 1. The number of halogens is 3. The third-order valence-electron chi connectivity index (χ3n) is 2.65. The molecular weight excluding hydrogens is 287 g/mol. The van der Waals surface area contributed by atoms with Gasteiger partial charge in [-0.2, -0.15) is 18.3 Å². The van der Waals surface area contributed by atoms with E-state index in [2.05, 4.69) is 10.1 Å². The predicted octanol–water partition coefficient (Wildman–Crippen LogP) is 2.69. The Morgan fingerprint density at radius 2 is 2.10 bits per heavy atom. The minimum atomic E-state index is -4.44. The van der Waals surface area contributed by atoms with E-state index in [1.165, 1.54) is 23.0 Å². The highest BCUT2D eigenvalue weighted by atomic mass is 19.4. The van der Waals surface area contributed by atoms with E-state index in [1.807, 2.05) is 0 Å². The van der Waals surface area contributed by atoms with Crippen LogP contribution in [0.15, 0.2) is 30.6 Å². The van der Waals surface area contributed by atoms with Crippen LogP contribution in [0.25, 0.3) is 11.9 Å². The van der Waals surface area contributed by atoms with Crippen molar-refractivity contribution in [1.29, 1.82) is 0 Å². The summed E-state index contributed by atoms with van der Waals surface area (Å²) in [6, 6.07) is 2.10. The zero-order chi connectivity index (χ0) is 15.6. The summed E-state index contributed by atoms with van der Waals surface area (Å²) >= 11 is 0. The quantitative estimate of drug-likeness (QED) is 0.884. The number of carboxylic acid groups (broad SMARTS) is 1. The van der Waals surface area contributed by atoms with Crippen molar-refractivity contribution in [3.63, 3.8) is 0 Å². The van der Waals surface area contributed by atoms with Gasteiger partial charge in [-0.05, 0) is 25.1 Å². The maximum atomic E-state index is 12.4. The van der Waals surface area contributed by atoms with Crippen molar-refractivity contribution in [2.24, 2.45) is 0 Å². The first-order chi connectivity index (χ1) is 9.77. The Morgan fingerprint density at radius 1 is 1.38 bits per heavy atom. The summed E-state index contributed by atoms with van der Waals surface area (Å²) in [5, 5.41) is 12.6. The number of hydrogen-bond donors (Lipinski definition) is 1. The average Bonchev–Trinajstić information content (AvgIpc) is 2.77. The van der Waals surface area contributed by atoms with Gasteiger partial charge in [-0.25, -0.2) is 14.5 Å². The molecule has 1 N–H and O–H groups in total. The van der Waals surface area contributed by atoms with E-state index in [4.69, 9.17) is 5.11 Å². The van der Waals surface area contributed by atoms with Crippen molar-refractivity contribution >= 4 is 12.0 Å². The van der Waals surface area contributed by atoms with E-state index in [0.717, 1.165) is 18.3 Å². The monoisotopic (exact) mass is 297 g/mol. The molecule has 0 saturated heterocycles. The molecule has 0 unspecified atom stereocenters. The molecule has 8 heteroatoms. The topological polar surface area (TPSA) is 68.0 Å². The van der Waals surface area contributed by atoms with Gasteiger partial charge >= 0.3 is 12.1 Å². The van der Waals surface area contributed by atoms with Gasteiger partial charge in [-0.1, -0.05) is 0 Å². The molecule has 0 spiro atoms. The summed E-state index contributed by atoms with van der Waals surface area (Å²) in [6.45, 7) is 1.65. The lowest BCUT2D eigenvalue weighted by Gasteiger charge is -2.06. The van der Waals surface area contributed by atoms with Crippen molar-refractivity contribution in [1.82, 2.24) is 14.8 Å². The number of nitrogens with zero attached hydrogens (tertiary/aromatic N) is 3. The molecule has 21 heavy (non-hydrogen) atoms. The standard InChI is InChI=1S/C13H10F3N3O2/c1-8-9(2-5-12(20)21)7-19(18-8)11-4-3-10(6-17-11)13(14,15)16/h2-7H,1H3,(H,20,21). The smallest absolute Gasteiger partial charge is 0.417 e. The second-order valence-electron chi connectivity index (χ2n) is 4.19. The van der Waals surface area contributed by atoms with Gasteiger partial charge in [0.05, 0.1) is 11.3 Å². The van der Waals surface area contributed by atoms with Crippen LogP contribution in [0.1, 0.15) is 16.8 Å². The fourth-order valence-electron chi connectivity index (χ4n) is 1.60. The number of rotatable bonds is 3. The molecule has 0 radical (unpaired) electrons. The van der Waals surface area contributed by atoms with Crippen LogP contribution in [0.2, 0.25) is 0 Å². The Hall–Kier alpha value is -2.64. The second-order valence-corrected chi connectivity index (χ2v) is 4.19. The van der Waals surface area contributed by atoms with Gasteiger partial charge in [0.2, 0.25) is 0 Å². The minimum Gasteiger partial charge on any atom is -0.478 e. The molecule has 0 atom stereocenters. The SMILES string of the molecule is Cc1nn(-c2ccc(C(F)(F)F)cn2)cc1C=CC(=O)O. The lowest BCUT2D eigenvalue weighted by Crippen LogP contribution is -2.07.